The zero-order chi connectivity index (χ0) is 14.6. The molecule has 1 saturated carbocycles. The molecule has 0 spiro atoms. The fraction of sp³-hybridized carbons (Fsp3) is 0.733. The van der Waals surface area contributed by atoms with Crippen LogP contribution in [0.5, 0.6) is 0 Å². The largest absolute Gasteiger partial charge is 0.384 e. The van der Waals surface area contributed by atoms with Gasteiger partial charge in [0.2, 0.25) is 0 Å². The van der Waals surface area contributed by atoms with E-state index < -0.39 is 0 Å². The number of thioether (sulfide) groups is 1. The van der Waals surface area contributed by atoms with Crippen LogP contribution in [0.1, 0.15) is 57.7 Å². The Hall–Kier alpha value is -0.970. The minimum atomic E-state index is 0.295. The number of nitrogens with one attached hydrogen (secondary N) is 1. The molecule has 0 amide bonds. The Morgan fingerprint density at radius 2 is 2.00 bits per heavy atom. The molecule has 1 fully saturated rings. The molecule has 0 radical (unpaired) electrons. The zero-order valence-electron chi connectivity index (χ0n) is 12.8. The predicted octanol–water partition coefficient (Wildman–Crippen LogP) is 3.66. The molecule has 0 unspecified atom stereocenters. The second-order valence-corrected chi connectivity index (χ2v) is 7.27. The molecular weight excluding hydrogens is 268 g/mol. The van der Waals surface area contributed by atoms with E-state index in [9.17, 15) is 0 Å². The molecule has 2 rings (SSSR count). The molecule has 0 saturated heterocycles. The molecule has 0 aromatic carbocycles. The van der Waals surface area contributed by atoms with Crippen LogP contribution in [0.2, 0.25) is 0 Å². The topological polar surface area (TPSA) is 63.8 Å². The second kappa shape index (κ2) is 6.66. The summed E-state index contributed by atoms with van der Waals surface area (Å²) in [5, 5.41) is 3.49. The molecule has 3 N–H and O–H groups in total. The summed E-state index contributed by atoms with van der Waals surface area (Å²) in [5.74, 6) is 2.52. The van der Waals surface area contributed by atoms with Gasteiger partial charge >= 0.3 is 0 Å². The van der Waals surface area contributed by atoms with Gasteiger partial charge in [-0.15, -0.1) is 0 Å². The summed E-state index contributed by atoms with van der Waals surface area (Å²) < 4.78 is 0.357. The highest BCUT2D eigenvalue weighted by molar-refractivity contribution is 8.00. The zero-order valence-corrected chi connectivity index (χ0v) is 13.6. The number of rotatable bonds is 5. The first-order valence-corrected chi connectivity index (χ1v) is 8.71. The first-order chi connectivity index (χ1) is 9.54. The van der Waals surface area contributed by atoms with Crippen LogP contribution in [0.25, 0.3) is 0 Å². The maximum atomic E-state index is 5.88. The standard InChI is InChI=1S/C15H26N4S/c1-11(2)14-18-12(16)9-13(19-14)17-10-15(20-3)7-5-4-6-8-15/h9,11H,4-8,10H2,1-3H3,(H3,16,17,18,19). The van der Waals surface area contributed by atoms with E-state index >= 15 is 0 Å². The molecule has 1 aliphatic rings. The molecule has 1 aliphatic carbocycles. The lowest BCUT2D eigenvalue weighted by atomic mass is 9.88. The Morgan fingerprint density at radius 3 is 2.60 bits per heavy atom. The molecule has 0 bridgehead atoms. The number of nitrogen functional groups attached to an aromatic ring is 1. The quantitative estimate of drug-likeness (QED) is 0.867. The van der Waals surface area contributed by atoms with E-state index in [1.54, 1.807) is 0 Å². The third kappa shape index (κ3) is 3.78. The van der Waals surface area contributed by atoms with Gasteiger partial charge < -0.3 is 11.1 Å². The number of anilines is 2. The lowest BCUT2D eigenvalue weighted by Crippen LogP contribution is -2.35. The second-order valence-electron chi connectivity index (χ2n) is 5.99. The SMILES string of the molecule is CSC1(CNc2cc(N)nc(C(C)C)n2)CCCCC1. The molecule has 0 aliphatic heterocycles. The van der Waals surface area contributed by atoms with Crippen LogP contribution in [-0.2, 0) is 0 Å². The first-order valence-electron chi connectivity index (χ1n) is 7.48. The predicted molar refractivity (Wildman–Crippen MR) is 88.4 cm³/mol. The van der Waals surface area contributed by atoms with E-state index in [2.05, 4.69) is 35.4 Å². The molecule has 20 heavy (non-hydrogen) atoms. The summed E-state index contributed by atoms with van der Waals surface area (Å²) in [5.41, 5.74) is 5.88. The van der Waals surface area contributed by atoms with E-state index in [-0.39, 0.29) is 0 Å². The normalized spacial score (nSPS) is 18.2. The van der Waals surface area contributed by atoms with Gasteiger partial charge in [0.05, 0.1) is 0 Å². The van der Waals surface area contributed by atoms with E-state index in [1.807, 2.05) is 17.8 Å². The van der Waals surface area contributed by atoms with Gasteiger partial charge in [0, 0.05) is 23.3 Å². The van der Waals surface area contributed by atoms with Gasteiger partial charge in [-0.3, -0.25) is 0 Å². The van der Waals surface area contributed by atoms with Crippen molar-refractivity contribution in [3.05, 3.63) is 11.9 Å². The average Bonchev–Trinajstić information content (AvgIpc) is 2.45. The van der Waals surface area contributed by atoms with Crippen LogP contribution in [0.15, 0.2) is 6.07 Å². The molecule has 1 aromatic rings. The molecular formula is C15H26N4S. The van der Waals surface area contributed by atoms with Gasteiger partial charge in [-0.25, -0.2) is 9.97 Å². The highest BCUT2D eigenvalue weighted by Gasteiger charge is 2.30. The van der Waals surface area contributed by atoms with Crippen LogP contribution in [0.4, 0.5) is 11.6 Å². The van der Waals surface area contributed by atoms with Gasteiger partial charge in [0.1, 0.15) is 17.5 Å². The Bertz CT molecular complexity index is 441. The Labute approximate surface area is 126 Å². The molecule has 112 valence electrons. The molecule has 4 nitrogen and oxygen atoms in total. The Morgan fingerprint density at radius 1 is 1.30 bits per heavy atom. The highest BCUT2D eigenvalue weighted by Crippen LogP contribution is 2.38. The third-order valence-corrected chi connectivity index (χ3v) is 5.49. The Kier molecular flexibility index (Phi) is 5.13. The van der Waals surface area contributed by atoms with Crippen LogP contribution >= 0.6 is 11.8 Å². The number of hydrogen-bond donors (Lipinski definition) is 2. The minimum Gasteiger partial charge on any atom is -0.384 e. The van der Waals surface area contributed by atoms with Crippen LogP contribution in [-0.4, -0.2) is 27.5 Å². The van der Waals surface area contributed by atoms with Crippen molar-refractivity contribution in [2.24, 2.45) is 0 Å². The van der Waals surface area contributed by atoms with Gasteiger partial charge in [0.25, 0.3) is 0 Å². The molecule has 1 heterocycles. The monoisotopic (exact) mass is 294 g/mol. The van der Waals surface area contributed by atoms with Gasteiger partial charge in [-0.05, 0) is 19.1 Å². The van der Waals surface area contributed by atoms with Gasteiger partial charge in [-0.2, -0.15) is 11.8 Å². The van der Waals surface area contributed by atoms with Crippen LogP contribution < -0.4 is 11.1 Å². The number of nitrogens with zero attached hydrogens (tertiary/aromatic N) is 2. The summed E-state index contributed by atoms with van der Waals surface area (Å²) in [7, 11) is 0. The van der Waals surface area contributed by atoms with E-state index in [4.69, 9.17) is 5.73 Å². The lowest BCUT2D eigenvalue weighted by molar-refractivity contribution is 0.411. The van der Waals surface area contributed by atoms with Crippen molar-refractivity contribution >= 4 is 23.4 Å². The third-order valence-electron chi connectivity index (χ3n) is 4.07. The summed E-state index contributed by atoms with van der Waals surface area (Å²) >= 11 is 1.99. The minimum absolute atomic E-state index is 0.295. The average molecular weight is 294 g/mol. The summed E-state index contributed by atoms with van der Waals surface area (Å²) in [6.45, 7) is 5.13. The van der Waals surface area contributed by atoms with Gasteiger partial charge in [-0.1, -0.05) is 33.1 Å². The smallest absolute Gasteiger partial charge is 0.135 e. The Balaban J connectivity index is 2.06. The van der Waals surface area contributed by atoms with Crippen molar-refractivity contribution in [3.63, 3.8) is 0 Å². The number of hydrogen-bond acceptors (Lipinski definition) is 5. The van der Waals surface area contributed by atoms with E-state index in [0.29, 0.717) is 16.5 Å². The number of nitrogens with two attached hydrogens (primary N) is 1. The highest BCUT2D eigenvalue weighted by atomic mass is 32.2. The van der Waals surface area contributed by atoms with Crippen molar-refractivity contribution in [3.8, 4) is 0 Å². The maximum absolute atomic E-state index is 5.88. The molecule has 5 heteroatoms. The summed E-state index contributed by atoms with van der Waals surface area (Å²) in [6.07, 6.45) is 8.86. The van der Waals surface area contributed by atoms with E-state index in [1.165, 1.54) is 32.1 Å². The van der Waals surface area contributed by atoms with Crippen molar-refractivity contribution in [2.45, 2.75) is 56.6 Å². The fourth-order valence-corrected chi connectivity index (χ4v) is 3.65. The summed E-state index contributed by atoms with van der Waals surface area (Å²) in [6, 6.07) is 1.84. The van der Waals surface area contributed by atoms with Crippen LogP contribution in [0, 0.1) is 0 Å². The van der Waals surface area contributed by atoms with Crippen molar-refractivity contribution in [1.82, 2.24) is 9.97 Å². The maximum Gasteiger partial charge on any atom is 0.135 e. The lowest BCUT2D eigenvalue weighted by Gasteiger charge is -2.36. The van der Waals surface area contributed by atoms with Crippen molar-refractivity contribution in [2.75, 3.05) is 23.9 Å². The van der Waals surface area contributed by atoms with Crippen molar-refractivity contribution in [1.29, 1.82) is 0 Å². The van der Waals surface area contributed by atoms with E-state index in [0.717, 1.165) is 18.2 Å². The summed E-state index contributed by atoms with van der Waals surface area (Å²) in [4.78, 5) is 8.86. The molecule has 0 atom stereocenters. The van der Waals surface area contributed by atoms with Gasteiger partial charge in [0.15, 0.2) is 0 Å². The number of aromatic nitrogens is 2. The fourth-order valence-electron chi connectivity index (χ4n) is 2.73. The molecule has 1 aromatic heterocycles. The van der Waals surface area contributed by atoms with Crippen molar-refractivity contribution < 1.29 is 0 Å². The van der Waals surface area contributed by atoms with Crippen LogP contribution in [0.3, 0.4) is 0 Å². The first kappa shape index (κ1) is 15.4.